The molecule has 3 nitrogen and oxygen atoms in total. The Labute approximate surface area is 125 Å². The van der Waals surface area contributed by atoms with Crippen molar-refractivity contribution in [1.29, 1.82) is 0 Å². The molecule has 0 radical (unpaired) electrons. The van der Waals surface area contributed by atoms with Gasteiger partial charge >= 0.3 is 0 Å². The summed E-state index contributed by atoms with van der Waals surface area (Å²) in [6, 6.07) is 1.75. The van der Waals surface area contributed by atoms with E-state index in [1.165, 1.54) is 84.2 Å². The van der Waals surface area contributed by atoms with Crippen LogP contribution < -0.4 is 5.32 Å². The van der Waals surface area contributed by atoms with Crippen molar-refractivity contribution in [3.63, 3.8) is 0 Å². The van der Waals surface area contributed by atoms with E-state index >= 15 is 0 Å². The molecule has 0 aliphatic carbocycles. The maximum Gasteiger partial charge on any atom is 0.0263 e. The normalized spacial score (nSPS) is 32.7. The predicted octanol–water partition coefficient (Wildman–Crippen LogP) is 2.32. The zero-order valence-corrected chi connectivity index (χ0v) is 13.3. The molecule has 0 aromatic heterocycles. The van der Waals surface area contributed by atoms with Crippen LogP contribution in [0.15, 0.2) is 0 Å². The van der Waals surface area contributed by atoms with Crippen molar-refractivity contribution in [3.8, 4) is 0 Å². The first-order valence-corrected chi connectivity index (χ1v) is 9.07. The second-order valence-electron chi connectivity index (χ2n) is 7.14. The van der Waals surface area contributed by atoms with Crippen molar-refractivity contribution >= 4 is 0 Å². The van der Waals surface area contributed by atoms with Crippen LogP contribution in [-0.4, -0.2) is 61.2 Å². The molecule has 3 aliphatic heterocycles. The fourth-order valence-electron chi connectivity index (χ4n) is 4.72. The predicted molar refractivity (Wildman–Crippen MR) is 85.1 cm³/mol. The van der Waals surface area contributed by atoms with Gasteiger partial charge in [0.1, 0.15) is 0 Å². The van der Waals surface area contributed by atoms with Crippen molar-refractivity contribution in [3.05, 3.63) is 0 Å². The highest BCUT2D eigenvalue weighted by Gasteiger charge is 2.38. The van der Waals surface area contributed by atoms with Crippen LogP contribution in [0.25, 0.3) is 0 Å². The molecule has 0 bridgehead atoms. The van der Waals surface area contributed by atoms with Crippen molar-refractivity contribution in [2.75, 3.05) is 39.3 Å². The molecule has 116 valence electrons. The van der Waals surface area contributed by atoms with Crippen LogP contribution in [0.5, 0.6) is 0 Å². The SMILES string of the molecule is CCCN(CC1CCNCC1)C1CCN2CCCCC12. The maximum absolute atomic E-state index is 3.51. The molecule has 3 fully saturated rings. The second-order valence-corrected chi connectivity index (χ2v) is 7.14. The largest absolute Gasteiger partial charge is 0.317 e. The Morgan fingerprint density at radius 2 is 1.90 bits per heavy atom. The first kappa shape index (κ1) is 14.8. The van der Waals surface area contributed by atoms with E-state index in [4.69, 9.17) is 0 Å². The van der Waals surface area contributed by atoms with E-state index < -0.39 is 0 Å². The Morgan fingerprint density at radius 1 is 1.05 bits per heavy atom. The van der Waals surface area contributed by atoms with Gasteiger partial charge in [-0.3, -0.25) is 9.80 Å². The lowest BCUT2D eigenvalue weighted by molar-refractivity contribution is 0.0954. The monoisotopic (exact) mass is 279 g/mol. The van der Waals surface area contributed by atoms with E-state index in [0.29, 0.717) is 0 Å². The first-order chi connectivity index (χ1) is 9.88. The van der Waals surface area contributed by atoms with Crippen molar-refractivity contribution in [1.82, 2.24) is 15.1 Å². The number of hydrogen-bond donors (Lipinski definition) is 1. The second kappa shape index (κ2) is 7.24. The van der Waals surface area contributed by atoms with Gasteiger partial charge in [0.25, 0.3) is 0 Å². The quantitative estimate of drug-likeness (QED) is 0.833. The zero-order valence-electron chi connectivity index (χ0n) is 13.3. The van der Waals surface area contributed by atoms with E-state index in [2.05, 4.69) is 22.0 Å². The van der Waals surface area contributed by atoms with Crippen LogP contribution >= 0.6 is 0 Å². The van der Waals surface area contributed by atoms with Crippen LogP contribution in [-0.2, 0) is 0 Å². The molecule has 1 N–H and O–H groups in total. The van der Waals surface area contributed by atoms with E-state index in [0.717, 1.165) is 18.0 Å². The highest BCUT2D eigenvalue weighted by atomic mass is 15.3. The smallest absolute Gasteiger partial charge is 0.0263 e. The summed E-state index contributed by atoms with van der Waals surface area (Å²) in [6.07, 6.45) is 9.87. The molecule has 2 unspecified atom stereocenters. The van der Waals surface area contributed by atoms with Crippen molar-refractivity contribution in [2.45, 2.75) is 64.0 Å². The van der Waals surface area contributed by atoms with Crippen LogP contribution in [0, 0.1) is 5.92 Å². The van der Waals surface area contributed by atoms with Gasteiger partial charge in [-0.05, 0) is 70.6 Å². The third-order valence-corrected chi connectivity index (χ3v) is 5.75. The third-order valence-electron chi connectivity index (χ3n) is 5.75. The standard InChI is InChI=1S/C17H33N3/c1-2-11-20(14-15-6-9-18-10-7-15)17-8-13-19-12-4-3-5-16(17)19/h15-18H,2-14H2,1H3. The van der Waals surface area contributed by atoms with Crippen LogP contribution in [0.1, 0.15) is 51.9 Å². The molecule has 0 aromatic carbocycles. The average Bonchev–Trinajstić information content (AvgIpc) is 2.92. The lowest BCUT2D eigenvalue weighted by atomic mass is 9.93. The van der Waals surface area contributed by atoms with Gasteiger partial charge in [-0.15, -0.1) is 0 Å². The summed E-state index contributed by atoms with van der Waals surface area (Å²) in [5.41, 5.74) is 0. The number of hydrogen-bond acceptors (Lipinski definition) is 3. The van der Waals surface area contributed by atoms with Gasteiger partial charge < -0.3 is 5.32 Å². The lowest BCUT2D eigenvalue weighted by Crippen LogP contribution is -2.49. The topological polar surface area (TPSA) is 18.5 Å². The molecule has 0 spiro atoms. The highest BCUT2D eigenvalue weighted by Crippen LogP contribution is 2.31. The minimum Gasteiger partial charge on any atom is -0.317 e. The third kappa shape index (κ3) is 3.37. The fourth-order valence-corrected chi connectivity index (χ4v) is 4.72. The molecule has 3 rings (SSSR count). The first-order valence-electron chi connectivity index (χ1n) is 9.07. The molecular weight excluding hydrogens is 246 g/mol. The van der Waals surface area contributed by atoms with E-state index in [9.17, 15) is 0 Å². The highest BCUT2D eigenvalue weighted by molar-refractivity contribution is 4.95. The molecule has 3 heteroatoms. The van der Waals surface area contributed by atoms with E-state index in [1.807, 2.05) is 0 Å². The summed E-state index contributed by atoms with van der Waals surface area (Å²) < 4.78 is 0. The Hall–Kier alpha value is -0.120. The maximum atomic E-state index is 3.51. The minimum absolute atomic E-state index is 0.866. The van der Waals surface area contributed by atoms with Gasteiger partial charge in [0.2, 0.25) is 0 Å². The lowest BCUT2D eigenvalue weighted by Gasteiger charge is -2.40. The summed E-state index contributed by atoms with van der Waals surface area (Å²) in [7, 11) is 0. The number of nitrogens with zero attached hydrogens (tertiary/aromatic N) is 2. The number of fused-ring (bicyclic) bond motifs is 1. The van der Waals surface area contributed by atoms with Gasteiger partial charge in [-0.1, -0.05) is 13.3 Å². The summed E-state index contributed by atoms with van der Waals surface area (Å²) in [6.45, 7) is 10.2. The molecule has 3 saturated heterocycles. The Balaban J connectivity index is 1.60. The molecule has 3 aliphatic rings. The Kier molecular flexibility index (Phi) is 5.36. The Morgan fingerprint density at radius 3 is 2.70 bits per heavy atom. The molecule has 0 aromatic rings. The summed E-state index contributed by atoms with van der Waals surface area (Å²) >= 11 is 0. The molecule has 2 atom stereocenters. The average molecular weight is 279 g/mol. The number of rotatable bonds is 5. The van der Waals surface area contributed by atoms with E-state index in [1.54, 1.807) is 0 Å². The van der Waals surface area contributed by atoms with Gasteiger partial charge in [0, 0.05) is 25.2 Å². The summed E-state index contributed by atoms with van der Waals surface area (Å²) in [4.78, 5) is 5.67. The summed E-state index contributed by atoms with van der Waals surface area (Å²) in [5, 5.41) is 3.51. The number of nitrogens with one attached hydrogen (secondary N) is 1. The molecule has 0 amide bonds. The molecular formula is C17H33N3. The van der Waals surface area contributed by atoms with Crippen LogP contribution in [0.2, 0.25) is 0 Å². The van der Waals surface area contributed by atoms with Crippen molar-refractivity contribution < 1.29 is 0 Å². The van der Waals surface area contributed by atoms with Crippen LogP contribution in [0.4, 0.5) is 0 Å². The molecule has 3 heterocycles. The number of piperidine rings is 2. The molecule has 0 saturated carbocycles. The minimum atomic E-state index is 0.866. The molecule has 20 heavy (non-hydrogen) atoms. The summed E-state index contributed by atoms with van der Waals surface area (Å²) in [5.74, 6) is 0.945. The van der Waals surface area contributed by atoms with Gasteiger partial charge in [0.15, 0.2) is 0 Å². The Bertz CT molecular complexity index is 288. The van der Waals surface area contributed by atoms with Crippen molar-refractivity contribution in [2.24, 2.45) is 5.92 Å². The van der Waals surface area contributed by atoms with E-state index in [-0.39, 0.29) is 0 Å². The fraction of sp³-hybridized carbons (Fsp3) is 1.00. The van der Waals surface area contributed by atoms with Gasteiger partial charge in [0.05, 0.1) is 0 Å². The van der Waals surface area contributed by atoms with Gasteiger partial charge in [-0.2, -0.15) is 0 Å². The van der Waals surface area contributed by atoms with Gasteiger partial charge in [-0.25, -0.2) is 0 Å². The van der Waals surface area contributed by atoms with Crippen LogP contribution in [0.3, 0.4) is 0 Å². The zero-order chi connectivity index (χ0) is 13.8.